The number of nitrogens with zero attached hydrogens (tertiary/aromatic N) is 1. The molecule has 9 rings (SSSR count). The van der Waals surface area contributed by atoms with Crippen molar-refractivity contribution in [3.63, 3.8) is 0 Å². The maximum Gasteiger partial charge on any atom is 0.0540 e. The summed E-state index contributed by atoms with van der Waals surface area (Å²) in [7, 11) is 0. The second-order valence-electron chi connectivity index (χ2n) is 12.2. The van der Waals surface area contributed by atoms with Gasteiger partial charge in [-0.2, -0.15) is 0 Å². The summed E-state index contributed by atoms with van der Waals surface area (Å²) in [6.07, 6.45) is 0. The Bertz CT molecular complexity index is 2580. The Hall–Kier alpha value is -6.18. The van der Waals surface area contributed by atoms with Gasteiger partial charge in [-0.25, -0.2) is 0 Å². The van der Waals surface area contributed by atoms with Gasteiger partial charge in [-0.3, -0.25) is 0 Å². The molecule has 0 aliphatic heterocycles. The number of rotatable bonds is 5. The number of benzene rings is 9. The molecular formula is C46H31N. The van der Waals surface area contributed by atoms with Crippen LogP contribution in [0.5, 0.6) is 0 Å². The van der Waals surface area contributed by atoms with Gasteiger partial charge in [0.05, 0.1) is 11.4 Å². The first-order valence-electron chi connectivity index (χ1n) is 16.2. The zero-order valence-corrected chi connectivity index (χ0v) is 25.8. The molecule has 0 aliphatic rings. The molecule has 0 aromatic heterocycles. The van der Waals surface area contributed by atoms with Crippen molar-refractivity contribution in [2.45, 2.75) is 0 Å². The highest BCUT2D eigenvalue weighted by atomic mass is 15.1. The normalized spacial score (nSPS) is 11.4. The topological polar surface area (TPSA) is 3.24 Å². The van der Waals surface area contributed by atoms with Crippen LogP contribution in [0.1, 0.15) is 0 Å². The van der Waals surface area contributed by atoms with Crippen molar-refractivity contribution in [2.75, 3.05) is 4.90 Å². The maximum absolute atomic E-state index is 2.45. The van der Waals surface area contributed by atoms with E-state index < -0.39 is 0 Å². The third kappa shape index (κ3) is 4.72. The Kier molecular flexibility index (Phi) is 6.54. The zero-order chi connectivity index (χ0) is 31.2. The molecule has 1 heteroatoms. The molecule has 0 heterocycles. The van der Waals surface area contributed by atoms with Crippen molar-refractivity contribution in [1.82, 2.24) is 0 Å². The first-order chi connectivity index (χ1) is 23.3. The van der Waals surface area contributed by atoms with Crippen LogP contribution in [0.25, 0.3) is 65.3 Å². The summed E-state index contributed by atoms with van der Waals surface area (Å²) >= 11 is 0. The molecule has 0 amide bonds. The molecule has 0 unspecified atom stereocenters. The predicted molar refractivity (Wildman–Crippen MR) is 202 cm³/mol. The Morgan fingerprint density at radius 3 is 1.77 bits per heavy atom. The minimum absolute atomic E-state index is 1.12. The summed E-state index contributed by atoms with van der Waals surface area (Å²) in [4.78, 5) is 2.45. The molecule has 0 fully saturated rings. The van der Waals surface area contributed by atoms with Gasteiger partial charge in [0.1, 0.15) is 0 Å². The van der Waals surface area contributed by atoms with Gasteiger partial charge in [-0.05, 0) is 84.7 Å². The van der Waals surface area contributed by atoms with E-state index in [2.05, 4.69) is 193 Å². The van der Waals surface area contributed by atoms with Crippen LogP contribution in [0.3, 0.4) is 0 Å². The Morgan fingerprint density at radius 1 is 0.277 bits per heavy atom. The van der Waals surface area contributed by atoms with Crippen LogP contribution in [-0.2, 0) is 0 Å². The Labute approximate surface area is 274 Å². The molecule has 9 aromatic rings. The van der Waals surface area contributed by atoms with Gasteiger partial charge in [-0.1, -0.05) is 158 Å². The molecule has 0 bridgehead atoms. The molecule has 0 spiro atoms. The Morgan fingerprint density at radius 2 is 0.851 bits per heavy atom. The van der Waals surface area contributed by atoms with Crippen LogP contribution >= 0.6 is 0 Å². The van der Waals surface area contributed by atoms with Crippen LogP contribution in [0, 0.1) is 0 Å². The molecule has 1 nitrogen and oxygen atoms in total. The summed E-state index contributed by atoms with van der Waals surface area (Å²) in [5.74, 6) is 0. The molecule has 220 valence electrons. The molecule has 0 atom stereocenters. The van der Waals surface area contributed by atoms with Crippen molar-refractivity contribution in [1.29, 1.82) is 0 Å². The van der Waals surface area contributed by atoms with E-state index in [0.29, 0.717) is 0 Å². The second-order valence-corrected chi connectivity index (χ2v) is 12.2. The van der Waals surface area contributed by atoms with Gasteiger partial charge in [0.2, 0.25) is 0 Å². The minimum atomic E-state index is 1.12. The molecule has 0 saturated carbocycles. The lowest BCUT2D eigenvalue weighted by molar-refractivity contribution is 1.30. The fourth-order valence-corrected chi connectivity index (χ4v) is 7.17. The van der Waals surface area contributed by atoms with Gasteiger partial charge in [0, 0.05) is 16.6 Å². The number of hydrogen-bond acceptors (Lipinski definition) is 1. The van der Waals surface area contributed by atoms with E-state index in [1.807, 2.05) is 0 Å². The largest absolute Gasteiger partial charge is 0.309 e. The third-order valence-electron chi connectivity index (χ3n) is 9.42. The highest BCUT2D eigenvalue weighted by Gasteiger charge is 2.20. The van der Waals surface area contributed by atoms with Crippen molar-refractivity contribution < 1.29 is 0 Å². The van der Waals surface area contributed by atoms with Gasteiger partial charge in [0.15, 0.2) is 0 Å². The van der Waals surface area contributed by atoms with Gasteiger partial charge >= 0.3 is 0 Å². The summed E-state index contributed by atoms with van der Waals surface area (Å²) < 4.78 is 0. The average molecular weight is 598 g/mol. The lowest BCUT2D eigenvalue weighted by Gasteiger charge is -2.29. The maximum atomic E-state index is 2.45. The van der Waals surface area contributed by atoms with Crippen LogP contribution in [0.2, 0.25) is 0 Å². The summed E-state index contributed by atoms with van der Waals surface area (Å²) in [5.41, 5.74) is 8.18. The van der Waals surface area contributed by atoms with E-state index in [1.165, 1.54) is 65.3 Å². The number of para-hydroxylation sites is 1. The molecule has 9 aromatic carbocycles. The standard InChI is InChI=1S/C46H31N/c1-2-13-33(14-3-1)40-20-8-9-22-45(40)47(38-18-10-17-36(31-38)37-25-24-32-12-4-5-16-35(32)30-37)46-23-11-21-41-43-27-26-34-15-6-7-19-39(34)42(43)28-29-44(41)46/h1-31H. The van der Waals surface area contributed by atoms with Crippen LogP contribution < -0.4 is 4.90 Å². The number of anilines is 3. The highest BCUT2D eigenvalue weighted by Crippen LogP contribution is 2.45. The Balaban J connectivity index is 1.30. The summed E-state index contributed by atoms with van der Waals surface area (Å²) in [6, 6.07) is 68.3. The van der Waals surface area contributed by atoms with Crippen LogP contribution in [0.15, 0.2) is 188 Å². The predicted octanol–water partition coefficient (Wildman–Crippen LogP) is 13.1. The number of hydrogen-bond donors (Lipinski definition) is 0. The van der Waals surface area contributed by atoms with Crippen LogP contribution in [-0.4, -0.2) is 0 Å². The quantitative estimate of drug-likeness (QED) is 0.178. The fourth-order valence-electron chi connectivity index (χ4n) is 7.17. The smallest absolute Gasteiger partial charge is 0.0540 e. The lowest BCUT2D eigenvalue weighted by atomic mass is 9.95. The van der Waals surface area contributed by atoms with E-state index in [-0.39, 0.29) is 0 Å². The first-order valence-corrected chi connectivity index (χ1v) is 16.2. The molecule has 0 aliphatic carbocycles. The number of fused-ring (bicyclic) bond motifs is 6. The second kappa shape index (κ2) is 11.3. The van der Waals surface area contributed by atoms with Gasteiger partial charge < -0.3 is 4.90 Å². The van der Waals surface area contributed by atoms with E-state index in [9.17, 15) is 0 Å². The fraction of sp³-hybridized carbons (Fsp3) is 0. The molecule has 0 N–H and O–H groups in total. The van der Waals surface area contributed by atoms with E-state index in [1.54, 1.807) is 0 Å². The summed E-state index contributed by atoms with van der Waals surface area (Å²) in [5, 5.41) is 10.1. The minimum Gasteiger partial charge on any atom is -0.309 e. The molecular weight excluding hydrogens is 567 g/mol. The molecule has 0 saturated heterocycles. The van der Waals surface area contributed by atoms with Crippen molar-refractivity contribution in [3.8, 4) is 22.3 Å². The lowest BCUT2D eigenvalue weighted by Crippen LogP contribution is -2.12. The van der Waals surface area contributed by atoms with Crippen molar-refractivity contribution in [2.24, 2.45) is 0 Å². The van der Waals surface area contributed by atoms with Gasteiger partial charge in [-0.15, -0.1) is 0 Å². The SMILES string of the molecule is c1ccc(-c2ccccc2N(c2cccc(-c3ccc4ccccc4c3)c2)c2cccc3c2ccc2c4ccccc4ccc32)cc1. The van der Waals surface area contributed by atoms with Crippen molar-refractivity contribution in [3.05, 3.63) is 188 Å². The third-order valence-corrected chi connectivity index (χ3v) is 9.42. The monoisotopic (exact) mass is 597 g/mol. The molecule has 47 heavy (non-hydrogen) atoms. The highest BCUT2D eigenvalue weighted by molar-refractivity contribution is 6.19. The zero-order valence-electron chi connectivity index (χ0n) is 25.8. The van der Waals surface area contributed by atoms with E-state index >= 15 is 0 Å². The van der Waals surface area contributed by atoms with Crippen LogP contribution in [0.4, 0.5) is 17.1 Å². The average Bonchev–Trinajstić information content (AvgIpc) is 3.15. The molecule has 0 radical (unpaired) electrons. The van der Waals surface area contributed by atoms with Gasteiger partial charge in [0.25, 0.3) is 0 Å². The van der Waals surface area contributed by atoms with Crippen molar-refractivity contribution >= 4 is 60.2 Å². The van der Waals surface area contributed by atoms with E-state index in [4.69, 9.17) is 0 Å². The first kappa shape index (κ1) is 27.2. The van der Waals surface area contributed by atoms with E-state index in [0.717, 1.165) is 17.1 Å². The summed E-state index contributed by atoms with van der Waals surface area (Å²) in [6.45, 7) is 0.